The summed E-state index contributed by atoms with van der Waals surface area (Å²) < 4.78 is 0. The van der Waals surface area contributed by atoms with Crippen LogP contribution in [-0.2, 0) is 0 Å². The van der Waals surface area contributed by atoms with E-state index in [4.69, 9.17) is 0 Å². The monoisotopic (exact) mass is 267 g/mol. The molecule has 0 bridgehead atoms. The average molecular weight is 268 g/mol. The maximum atomic E-state index is 2.56. The Hall–Kier alpha value is -0.243. The topological polar surface area (TPSA) is 3.24 Å². The molecule has 1 fully saturated rings. The van der Waals surface area contributed by atoms with Crippen LogP contribution in [0.1, 0.15) is 53.4 Å². The summed E-state index contributed by atoms with van der Waals surface area (Å²) in [6.07, 6.45) is 8.08. The van der Waals surface area contributed by atoms with Crippen LogP contribution in [0.5, 0.6) is 0 Å². The van der Waals surface area contributed by atoms with Crippen molar-refractivity contribution in [3.63, 3.8) is 0 Å². The van der Waals surface area contributed by atoms with Crippen molar-refractivity contribution in [2.24, 2.45) is 0 Å². The van der Waals surface area contributed by atoms with Crippen molar-refractivity contribution < 1.29 is 0 Å². The second kappa shape index (κ2) is 8.03. The molecule has 1 saturated heterocycles. The molecule has 1 heterocycles. The summed E-state index contributed by atoms with van der Waals surface area (Å²) in [7, 11) is -0.986. The summed E-state index contributed by atoms with van der Waals surface area (Å²) in [5, 5.41) is 0. The van der Waals surface area contributed by atoms with Gasteiger partial charge in [0.05, 0.1) is 8.07 Å². The van der Waals surface area contributed by atoms with Gasteiger partial charge in [-0.3, -0.25) is 0 Å². The van der Waals surface area contributed by atoms with E-state index >= 15 is 0 Å². The summed E-state index contributed by atoms with van der Waals surface area (Å²) in [4.78, 5) is 2.56. The molecule has 0 N–H and O–H groups in total. The fourth-order valence-electron chi connectivity index (χ4n) is 3.47. The van der Waals surface area contributed by atoms with Gasteiger partial charge < -0.3 is 4.90 Å². The van der Waals surface area contributed by atoms with Crippen LogP contribution in [0, 0.1) is 0 Å². The molecule has 0 aromatic heterocycles. The molecule has 0 unspecified atom stereocenters. The lowest BCUT2D eigenvalue weighted by molar-refractivity contribution is 0.307. The Morgan fingerprint density at radius 2 is 1.67 bits per heavy atom. The van der Waals surface area contributed by atoms with Gasteiger partial charge in [0.2, 0.25) is 0 Å². The molecule has 0 spiro atoms. The van der Waals surface area contributed by atoms with E-state index in [1.807, 2.05) is 0 Å². The number of nitrogens with zero attached hydrogens (tertiary/aromatic N) is 1. The van der Waals surface area contributed by atoms with Crippen LogP contribution in [0.3, 0.4) is 0 Å². The van der Waals surface area contributed by atoms with Crippen molar-refractivity contribution in [1.82, 2.24) is 4.90 Å². The zero-order valence-electron chi connectivity index (χ0n) is 13.1. The minimum Gasteiger partial charge on any atom is -0.377 e. The van der Waals surface area contributed by atoms with E-state index in [1.165, 1.54) is 62.9 Å². The van der Waals surface area contributed by atoms with Crippen molar-refractivity contribution in [2.75, 3.05) is 13.1 Å². The van der Waals surface area contributed by atoms with Gasteiger partial charge in [-0.25, -0.2) is 0 Å². The van der Waals surface area contributed by atoms with Crippen LogP contribution >= 0.6 is 0 Å². The van der Waals surface area contributed by atoms with E-state index in [1.54, 1.807) is 5.57 Å². The van der Waals surface area contributed by atoms with Gasteiger partial charge in [-0.2, -0.15) is 0 Å². The fraction of sp³-hybridized carbons (Fsp3) is 0.875. The number of hydrogen-bond acceptors (Lipinski definition) is 1. The van der Waals surface area contributed by atoms with Crippen LogP contribution in [0.2, 0.25) is 24.2 Å². The van der Waals surface area contributed by atoms with Gasteiger partial charge in [0.25, 0.3) is 0 Å². The van der Waals surface area contributed by atoms with Crippen molar-refractivity contribution >= 4 is 8.07 Å². The second-order valence-corrected chi connectivity index (χ2v) is 11.5. The molecule has 1 nitrogen and oxygen atoms in total. The molecule has 1 aliphatic heterocycles. The predicted octanol–water partition coefficient (Wildman–Crippen LogP) is 5.27. The quantitative estimate of drug-likeness (QED) is 0.568. The van der Waals surface area contributed by atoms with Crippen molar-refractivity contribution in [1.29, 1.82) is 0 Å². The van der Waals surface area contributed by atoms with Crippen LogP contribution in [0.4, 0.5) is 0 Å². The predicted molar refractivity (Wildman–Crippen MR) is 85.8 cm³/mol. The van der Waals surface area contributed by atoms with Gasteiger partial charge in [0.1, 0.15) is 0 Å². The van der Waals surface area contributed by atoms with Crippen molar-refractivity contribution in [3.8, 4) is 0 Å². The maximum absolute atomic E-state index is 2.56. The Balaban J connectivity index is 2.58. The van der Waals surface area contributed by atoms with E-state index < -0.39 is 8.07 Å². The molecule has 1 aliphatic rings. The van der Waals surface area contributed by atoms with Gasteiger partial charge in [-0.1, -0.05) is 50.9 Å². The van der Waals surface area contributed by atoms with E-state index in [0.717, 1.165) is 0 Å². The number of piperidine rings is 1. The van der Waals surface area contributed by atoms with Crippen LogP contribution in [0.15, 0.2) is 11.8 Å². The third kappa shape index (κ3) is 4.79. The molecular weight excluding hydrogens is 234 g/mol. The molecule has 0 aromatic carbocycles. The number of hydrogen-bond donors (Lipinski definition) is 0. The van der Waals surface area contributed by atoms with Gasteiger partial charge in [0, 0.05) is 13.1 Å². The molecular formula is C16H33NSi. The van der Waals surface area contributed by atoms with E-state index in [0.29, 0.717) is 0 Å². The van der Waals surface area contributed by atoms with Gasteiger partial charge >= 0.3 is 0 Å². The second-order valence-electron chi connectivity index (χ2n) is 6.21. The van der Waals surface area contributed by atoms with Gasteiger partial charge in [-0.15, -0.1) is 0 Å². The smallest absolute Gasteiger partial charge is 0.0571 e. The largest absolute Gasteiger partial charge is 0.377 e. The Labute approximate surface area is 116 Å². The van der Waals surface area contributed by atoms with Crippen LogP contribution < -0.4 is 0 Å². The molecule has 0 radical (unpaired) electrons. The molecule has 106 valence electrons. The number of rotatable bonds is 7. The van der Waals surface area contributed by atoms with E-state index in [-0.39, 0.29) is 0 Å². The van der Waals surface area contributed by atoms with Crippen molar-refractivity contribution in [2.45, 2.75) is 77.6 Å². The molecule has 1 rings (SSSR count). The molecule has 0 atom stereocenters. The molecule has 18 heavy (non-hydrogen) atoms. The van der Waals surface area contributed by atoms with Crippen LogP contribution in [-0.4, -0.2) is 26.1 Å². The highest BCUT2D eigenvalue weighted by Crippen LogP contribution is 2.30. The molecule has 0 aromatic rings. The normalized spacial score (nSPS) is 18.2. The Morgan fingerprint density at radius 3 is 2.17 bits per heavy atom. The summed E-state index contributed by atoms with van der Waals surface area (Å²) in [5.41, 5.74) is 1.65. The van der Waals surface area contributed by atoms with E-state index in [2.05, 4.69) is 38.8 Å². The zero-order valence-corrected chi connectivity index (χ0v) is 14.1. The lowest BCUT2D eigenvalue weighted by atomic mass is 10.1. The number of likely N-dealkylation sites (tertiary alicyclic amines) is 1. The van der Waals surface area contributed by atoms with Gasteiger partial charge in [0.15, 0.2) is 0 Å². The van der Waals surface area contributed by atoms with Crippen LogP contribution in [0.25, 0.3) is 0 Å². The summed E-state index contributed by atoms with van der Waals surface area (Å²) in [5.74, 6) is 0. The summed E-state index contributed by atoms with van der Waals surface area (Å²) in [6, 6.07) is 5.88. The standard InChI is InChI=1S/C16H33NSi/c1-5-13-18(6-2,7-3)15-16(4)14-17-11-9-8-10-12-17/h14H,5-13,15H2,1-4H3. The molecule has 0 amide bonds. The van der Waals surface area contributed by atoms with Crippen molar-refractivity contribution in [3.05, 3.63) is 11.8 Å². The maximum Gasteiger partial charge on any atom is 0.0571 e. The molecule has 0 aliphatic carbocycles. The highest BCUT2D eigenvalue weighted by molar-refractivity contribution is 6.80. The summed E-state index contributed by atoms with van der Waals surface area (Å²) in [6.45, 7) is 12.2. The first-order valence-corrected chi connectivity index (χ1v) is 10.9. The lowest BCUT2D eigenvalue weighted by Crippen LogP contribution is -2.32. The van der Waals surface area contributed by atoms with Gasteiger partial charge in [-0.05, 0) is 38.4 Å². The average Bonchev–Trinajstić information content (AvgIpc) is 2.39. The Kier molecular flexibility index (Phi) is 7.06. The Bertz CT molecular complexity index is 250. The minimum atomic E-state index is -0.986. The third-order valence-electron chi connectivity index (χ3n) is 4.73. The highest BCUT2D eigenvalue weighted by atomic mass is 28.3. The van der Waals surface area contributed by atoms with E-state index in [9.17, 15) is 0 Å². The lowest BCUT2D eigenvalue weighted by Gasteiger charge is -2.31. The minimum absolute atomic E-state index is 0.986. The summed E-state index contributed by atoms with van der Waals surface area (Å²) >= 11 is 0. The molecule has 2 heteroatoms. The number of allylic oxidation sites excluding steroid dienone is 1. The third-order valence-corrected chi connectivity index (χ3v) is 10.6. The Morgan fingerprint density at radius 1 is 1.06 bits per heavy atom. The zero-order chi connectivity index (χ0) is 13.4. The SMILES string of the molecule is CCC[Si](CC)(CC)CC(C)=CN1CCCCC1. The first-order chi connectivity index (χ1) is 8.65. The fourth-order valence-corrected chi connectivity index (χ4v) is 7.69. The molecule has 0 saturated carbocycles. The highest BCUT2D eigenvalue weighted by Gasteiger charge is 2.27. The first-order valence-electron chi connectivity index (χ1n) is 8.07. The first kappa shape index (κ1) is 15.8.